The first kappa shape index (κ1) is 8.90. The van der Waals surface area contributed by atoms with Crippen LogP contribution in [0.2, 0.25) is 0 Å². The fraction of sp³-hybridized carbons (Fsp3) is 0.357. The highest BCUT2D eigenvalue weighted by Crippen LogP contribution is 2.45. The van der Waals surface area contributed by atoms with E-state index in [1.54, 1.807) is 0 Å². The Balaban J connectivity index is 2.10. The van der Waals surface area contributed by atoms with Crippen LogP contribution >= 0.6 is 0 Å². The van der Waals surface area contributed by atoms with Crippen molar-refractivity contribution in [3.05, 3.63) is 48.0 Å². The van der Waals surface area contributed by atoms with Crippen molar-refractivity contribution in [1.82, 2.24) is 0 Å². The Labute approximate surface area is 89.8 Å². The second kappa shape index (κ2) is 3.06. The van der Waals surface area contributed by atoms with Crippen LogP contribution in [0.3, 0.4) is 0 Å². The van der Waals surface area contributed by atoms with Gasteiger partial charge in [-0.2, -0.15) is 0 Å². The molecule has 0 heterocycles. The smallest absolute Gasteiger partial charge is 0.147 e. The van der Waals surface area contributed by atoms with Gasteiger partial charge in [0.1, 0.15) is 5.78 Å². The Morgan fingerprint density at radius 1 is 1.20 bits per heavy atom. The molecule has 0 aliphatic heterocycles. The number of allylic oxidation sites excluding steroid dienone is 2. The summed E-state index contributed by atoms with van der Waals surface area (Å²) in [4.78, 5) is 12.1. The van der Waals surface area contributed by atoms with Crippen molar-refractivity contribution in [2.75, 3.05) is 0 Å². The number of rotatable bonds is 1. The second-order valence-electron chi connectivity index (χ2n) is 4.62. The van der Waals surface area contributed by atoms with Gasteiger partial charge >= 0.3 is 0 Å². The van der Waals surface area contributed by atoms with Crippen LogP contribution in [0.4, 0.5) is 0 Å². The average Bonchev–Trinajstić information content (AvgIpc) is 2.66. The van der Waals surface area contributed by atoms with Crippen LogP contribution in [0.1, 0.15) is 24.8 Å². The molecule has 2 bridgehead atoms. The number of Topliss-reactive ketones (excluding diaryl/α,β-unsaturated/α-hetero) is 1. The van der Waals surface area contributed by atoms with Crippen molar-refractivity contribution in [2.45, 2.75) is 24.7 Å². The monoisotopic (exact) mass is 198 g/mol. The van der Waals surface area contributed by atoms with Crippen LogP contribution < -0.4 is 0 Å². The summed E-state index contributed by atoms with van der Waals surface area (Å²) < 4.78 is 0. The lowest BCUT2D eigenvalue weighted by Gasteiger charge is -2.31. The molecule has 0 N–H and O–H groups in total. The van der Waals surface area contributed by atoms with Gasteiger partial charge in [-0.1, -0.05) is 42.5 Å². The summed E-state index contributed by atoms with van der Waals surface area (Å²) in [5, 5.41) is 0. The molecule has 1 saturated carbocycles. The van der Waals surface area contributed by atoms with Gasteiger partial charge in [0.2, 0.25) is 0 Å². The zero-order valence-corrected chi connectivity index (χ0v) is 8.65. The molecule has 0 spiro atoms. The molecule has 1 heteroatoms. The van der Waals surface area contributed by atoms with Gasteiger partial charge in [-0.25, -0.2) is 0 Å². The van der Waals surface area contributed by atoms with E-state index in [0.29, 0.717) is 11.7 Å². The van der Waals surface area contributed by atoms with Gasteiger partial charge in [-0.3, -0.25) is 4.79 Å². The van der Waals surface area contributed by atoms with Crippen LogP contribution in [0.15, 0.2) is 42.5 Å². The second-order valence-corrected chi connectivity index (χ2v) is 4.62. The number of carbonyl (C=O) groups excluding carboxylic acids is 1. The van der Waals surface area contributed by atoms with E-state index in [4.69, 9.17) is 0 Å². The first-order chi connectivity index (χ1) is 7.31. The molecule has 1 nitrogen and oxygen atoms in total. The Hall–Kier alpha value is -1.37. The number of ketones is 1. The van der Waals surface area contributed by atoms with E-state index >= 15 is 0 Å². The average molecular weight is 198 g/mol. The number of fused-ring (bicyclic) bond motifs is 2. The maximum absolute atomic E-state index is 12.1. The lowest BCUT2D eigenvalue weighted by molar-refractivity contribution is -0.124. The third-order valence-electron chi connectivity index (χ3n) is 3.77. The fourth-order valence-corrected chi connectivity index (χ4v) is 2.91. The summed E-state index contributed by atoms with van der Waals surface area (Å²) >= 11 is 0. The number of carbonyl (C=O) groups is 1. The van der Waals surface area contributed by atoms with E-state index in [9.17, 15) is 4.79 Å². The normalized spacial score (nSPS) is 33.3. The Kier molecular flexibility index (Phi) is 1.82. The van der Waals surface area contributed by atoms with Gasteiger partial charge < -0.3 is 0 Å². The van der Waals surface area contributed by atoms with Crippen LogP contribution in [0.25, 0.3) is 0 Å². The summed E-state index contributed by atoms with van der Waals surface area (Å²) in [5.41, 5.74) is 0.901. The highest BCUT2D eigenvalue weighted by molar-refractivity contribution is 5.94. The van der Waals surface area contributed by atoms with E-state index in [-0.39, 0.29) is 5.41 Å². The van der Waals surface area contributed by atoms with Gasteiger partial charge in [0, 0.05) is 6.42 Å². The SMILES string of the molecule is O=C1CCC2C=CC1(c1ccccc1)C2. The van der Waals surface area contributed by atoms with Crippen molar-refractivity contribution in [1.29, 1.82) is 0 Å². The molecule has 0 amide bonds. The van der Waals surface area contributed by atoms with Gasteiger partial charge in [0.15, 0.2) is 0 Å². The summed E-state index contributed by atoms with van der Waals surface area (Å²) in [6.45, 7) is 0. The zero-order chi connectivity index (χ0) is 10.3. The van der Waals surface area contributed by atoms with Crippen LogP contribution in [0.5, 0.6) is 0 Å². The van der Waals surface area contributed by atoms with Crippen molar-refractivity contribution in [3.63, 3.8) is 0 Å². The number of hydrogen-bond donors (Lipinski definition) is 0. The topological polar surface area (TPSA) is 17.1 Å². The molecule has 0 radical (unpaired) electrons. The van der Waals surface area contributed by atoms with Gasteiger partial charge in [0.25, 0.3) is 0 Å². The van der Waals surface area contributed by atoms with E-state index in [1.165, 1.54) is 5.56 Å². The Morgan fingerprint density at radius 2 is 2.00 bits per heavy atom. The predicted octanol–water partition coefficient (Wildman–Crippen LogP) is 2.86. The Bertz CT molecular complexity index is 418. The van der Waals surface area contributed by atoms with Crippen LogP contribution in [-0.4, -0.2) is 5.78 Å². The van der Waals surface area contributed by atoms with Gasteiger partial charge in [-0.05, 0) is 24.3 Å². The molecule has 2 atom stereocenters. The largest absolute Gasteiger partial charge is 0.298 e. The molecule has 15 heavy (non-hydrogen) atoms. The minimum absolute atomic E-state index is 0.274. The zero-order valence-electron chi connectivity index (χ0n) is 8.65. The van der Waals surface area contributed by atoms with Crippen molar-refractivity contribution < 1.29 is 4.79 Å². The molecule has 0 aromatic heterocycles. The molecule has 1 fully saturated rings. The minimum atomic E-state index is -0.274. The molecule has 2 aliphatic rings. The van der Waals surface area contributed by atoms with Gasteiger partial charge in [0.05, 0.1) is 5.41 Å². The Morgan fingerprint density at radius 3 is 2.80 bits per heavy atom. The van der Waals surface area contributed by atoms with Crippen molar-refractivity contribution >= 4 is 5.78 Å². The number of hydrogen-bond acceptors (Lipinski definition) is 1. The summed E-state index contributed by atoms with van der Waals surface area (Å²) in [7, 11) is 0. The lowest BCUT2D eigenvalue weighted by atomic mass is 9.70. The molecule has 1 aromatic rings. The highest BCUT2D eigenvalue weighted by atomic mass is 16.1. The standard InChI is InChI=1S/C14H14O/c15-13-7-6-11-8-9-14(13,10-11)12-4-2-1-3-5-12/h1-5,8-9,11H,6-7,10H2. The lowest BCUT2D eigenvalue weighted by Crippen LogP contribution is -2.36. The molecular weight excluding hydrogens is 184 g/mol. The van der Waals surface area contributed by atoms with E-state index in [0.717, 1.165) is 19.3 Å². The third kappa shape index (κ3) is 1.19. The van der Waals surface area contributed by atoms with Crippen molar-refractivity contribution in [3.8, 4) is 0 Å². The van der Waals surface area contributed by atoms with E-state index < -0.39 is 0 Å². The van der Waals surface area contributed by atoms with Crippen LogP contribution in [-0.2, 0) is 10.2 Å². The molecule has 2 aliphatic carbocycles. The number of benzene rings is 1. The van der Waals surface area contributed by atoms with Crippen molar-refractivity contribution in [2.24, 2.45) is 5.92 Å². The summed E-state index contributed by atoms with van der Waals surface area (Å²) in [6, 6.07) is 10.2. The first-order valence-electron chi connectivity index (χ1n) is 5.59. The van der Waals surface area contributed by atoms with Crippen LogP contribution in [0, 0.1) is 5.92 Å². The molecule has 3 rings (SSSR count). The predicted molar refractivity (Wildman–Crippen MR) is 59.6 cm³/mol. The summed E-state index contributed by atoms with van der Waals surface area (Å²) in [5.74, 6) is 1.03. The molecule has 2 unspecified atom stereocenters. The van der Waals surface area contributed by atoms with Gasteiger partial charge in [-0.15, -0.1) is 0 Å². The summed E-state index contributed by atoms with van der Waals surface area (Å²) in [6.07, 6.45) is 7.16. The van der Waals surface area contributed by atoms with E-state index in [2.05, 4.69) is 24.3 Å². The third-order valence-corrected chi connectivity index (χ3v) is 3.77. The maximum atomic E-state index is 12.1. The molecular formula is C14H14O. The highest BCUT2D eigenvalue weighted by Gasteiger charge is 2.45. The maximum Gasteiger partial charge on any atom is 0.147 e. The molecule has 0 saturated heterocycles. The minimum Gasteiger partial charge on any atom is -0.298 e. The first-order valence-corrected chi connectivity index (χ1v) is 5.59. The van der Waals surface area contributed by atoms with E-state index in [1.807, 2.05) is 18.2 Å². The quantitative estimate of drug-likeness (QED) is 0.634. The molecule has 76 valence electrons. The fourth-order valence-electron chi connectivity index (χ4n) is 2.91. The molecule has 1 aromatic carbocycles.